The van der Waals surface area contributed by atoms with Crippen molar-refractivity contribution in [3.05, 3.63) is 82.9 Å². The third kappa shape index (κ3) is 4.83. The molecule has 0 saturated heterocycles. The van der Waals surface area contributed by atoms with Crippen LogP contribution < -0.4 is 5.32 Å². The zero-order valence-electron chi connectivity index (χ0n) is 14.4. The first kappa shape index (κ1) is 18.0. The Hall–Kier alpha value is -2.85. The highest BCUT2D eigenvalue weighted by Gasteiger charge is 2.10. The maximum absolute atomic E-state index is 12.0. The van der Waals surface area contributed by atoms with Gasteiger partial charge in [-0.3, -0.25) is 4.79 Å². The van der Waals surface area contributed by atoms with E-state index in [1.54, 1.807) is 12.1 Å². The molecule has 5 heteroatoms. The Bertz CT molecular complexity index is 923. The van der Waals surface area contributed by atoms with E-state index in [0.29, 0.717) is 5.02 Å². The average molecular weight is 367 g/mol. The van der Waals surface area contributed by atoms with E-state index in [4.69, 9.17) is 16.4 Å². The molecule has 0 fully saturated rings. The van der Waals surface area contributed by atoms with Crippen molar-refractivity contribution < 1.29 is 9.63 Å². The fourth-order valence-electron chi connectivity index (χ4n) is 2.59. The first-order chi connectivity index (χ1) is 12.6. The van der Waals surface area contributed by atoms with Crippen molar-refractivity contribution in [1.82, 2.24) is 5.32 Å². The Morgan fingerprint density at radius 1 is 1.12 bits per heavy atom. The van der Waals surface area contributed by atoms with E-state index in [9.17, 15) is 4.79 Å². The number of nitrogens with one attached hydrogen (secondary N) is 1. The summed E-state index contributed by atoms with van der Waals surface area (Å²) in [5.41, 5.74) is 1.89. The number of oxime groups is 1. The number of carbonyl (C=O) groups is 1. The van der Waals surface area contributed by atoms with Crippen molar-refractivity contribution in [2.45, 2.75) is 13.0 Å². The van der Waals surface area contributed by atoms with Crippen LogP contribution in [0.2, 0.25) is 5.02 Å². The van der Waals surface area contributed by atoms with Gasteiger partial charge in [-0.15, -0.1) is 0 Å². The van der Waals surface area contributed by atoms with Crippen molar-refractivity contribution >= 4 is 34.5 Å². The fourth-order valence-corrected chi connectivity index (χ4v) is 2.71. The largest absolute Gasteiger partial charge is 0.386 e. The summed E-state index contributed by atoms with van der Waals surface area (Å²) in [6, 6.07) is 21.3. The Labute approximate surface area is 157 Å². The molecule has 0 saturated carbocycles. The van der Waals surface area contributed by atoms with E-state index < -0.39 is 0 Å². The predicted octanol–water partition coefficient (Wildman–Crippen LogP) is 4.72. The third-order valence-electron chi connectivity index (χ3n) is 3.99. The number of hydrogen-bond acceptors (Lipinski definition) is 3. The van der Waals surface area contributed by atoms with Gasteiger partial charge in [0.25, 0.3) is 5.91 Å². The molecule has 1 atom stereocenters. The molecule has 3 rings (SSSR count). The molecule has 1 unspecified atom stereocenters. The van der Waals surface area contributed by atoms with Crippen LogP contribution in [0.25, 0.3) is 10.8 Å². The maximum atomic E-state index is 12.0. The summed E-state index contributed by atoms with van der Waals surface area (Å²) in [7, 11) is 0. The van der Waals surface area contributed by atoms with Crippen LogP contribution in [0.5, 0.6) is 0 Å². The lowest BCUT2D eigenvalue weighted by Crippen LogP contribution is -2.29. The highest BCUT2D eigenvalue weighted by atomic mass is 35.5. The molecular weight excluding hydrogens is 348 g/mol. The van der Waals surface area contributed by atoms with Gasteiger partial charge in [0.05, 0.1) is 12.3 Å². The van der Waals surface area contributed by atoms with E-state index >= 15 is 0 Å². The summed E-state index contributed by atoms with van der Waals surface area (Å²) in [6.07, 6.45) is 1.54. The lowest BCUT2D eigenvalue weighted by Gasteiger charge is -2.14. The Balaban J connectivity index is 1.51. The number of nitrogens with zero attached hydrogens (tertiary/aromatic N) is 1. The Morgan fingerprint density at radius 3 is 2.62 bits per heavy atom. The molecule has 3 aromatic rings. The SMILES string of the molecule is CC(NC(=O)CO/N=C/c1ccc(Cl)cc1)c1ccc2ccccc2c1. The maximum Gasteiger partial charge on any atom is 0.261 e. The molecule has 4 nitrogen and oxygen atoms in total. The number of benzene rings is 3. The monoisotopic (exact) mass is 366 g/mol. The molecule has 0 bridgehead atoms. The summed E-state index contributed by atoms with van der Waals surface area (Å²) in [5.74, 6) is -0.223. The Morgan fingerprint density at radius 2 is 1.85 bits per heavy atom. The molecule has 1 N–H and O–H groups in total. The van der Waals surface area contributed by atoms with Gasteiger partial charge in [0.1, 0.15) is 0 Å². The van der Waals surface area contributed by atoms with Crippen molar-refractivity contribution in [3.8, 4) is 0 Å². The zero-order chi connectivity index (χ0) is 18.4. The topological polar surface area (TPSA) is 50.7 Å². The van der Waals surface area contributed by atoms with Crippen LogP contribution >= 0.6 is 11.6 Å². The molecule has 0 aliphatic carbocycles. The van der Waals surface area contributed by atoms with Gasteiger partial charge in [0, 0.05) is 5.02 Å². The van der Waals surface area contributed by atoms with Gasteiger partial charge in [-0.25, -0.2) is 0 Å². The Kier molecular flexibility index (Phi) is 5.87. The molecule has 0 aliphatic rings. The van der Waals surface area contributed by atoms with Crippen molar-refractivity contribution in [2.75, 3.05) is 6.61 Å². The highest BCUT2D eigenvalue weighted by Crippen LogP contribution is 2.20. The average Bonchev–Trinajstić information content (AvgIpc) is 2.66. The van der Waals surface area contributed by atoms with Crippen LogP contribution in [0.4, 0.5) is 0 Å². The van der Waals surface area contributed by atoms with Gasteiger partial charge >= 0.3 is 0 Å². The summed E-state index contributed by atoms with van der Waals surface area (Å²) >= 11 is 5.82. The van der Waals surface area contributed by atoms with Crippen LogP contribution in [-0.2, 0) is 9.63 Å². The molecule has 0 aromatic heterocycles. The van der Waals surface area contributed by atoms with E-state index in [1.165, 1.54) is 11.6 Å². The molecule has 0 spiro atoms. The molecular formula is C21H19ClN2O2. The molecule has 132 valence electrons. The second-order valence-electron chi connectivity index (χ2n) is 5.96. The molecule has 26 heavy (non-hydrogen) atoms. The van der Waals surface area contributed by atoms with Crippen LogP contribution in [0.15, 0.2) is 71.9 Å². The van der Waals surface area contributed by atoms with Crippen LogP contribution in [0.3, 0.4) is 0 Å². The van der Waals surface area contributed by atoms with E-state index in [1.807, 2.05) is 37.3 Å². The summed E-state index contributed by atoms with van der Waals surface area (Å²) < 4.78 is 0. The molecule has 0 aliphatic heterocycles. The number of rotatable bonds is 6. The summed E-state index contributed by atoms with van der Waals surface area (Å²) in [4.78, 5) is 17.1. The van der Waals surface area contributed by atoms with Gasteiger partial charge in [-0.05, 0) is 47.0 Å². The number of amides is 1. The van der Waals surface area contributed by atoms with Gasteiger partial charge in [-0.1, -0.05) is 65.3 Å². The quantitative estimate of drug-likeness (QED) is 0.507. The summed E-state index contributed by atoms with van der Waals surface area (Å²) in [5, 5.41) is 9.70. The standard InChI is InChI=1S/C21H19ClN2O2/c1-15(18-9-8-17-4-2-3-5-19(17)12-18)24-21(25)14-26-23-13-16-6-10-20(22)11-7-16/h2-13,15H,14H2,1H3,(H,24,25)/b23-13+. The van der Waals surface area contributed by atoms with Gasteiger partial charge in [-0.2, -0.15) is 0 Å². The molecule has 0 radical (unpaired) electrons. The van der Waals surface area contributed by atoms with Gasteiger partial charge < -0.3 is 10.2 Å². The fraction of sp³-hybridized carbons (Fsp3) is 0.143. The first-order valence-corrected chi connectivity index (χ1v) is 8.68. The van der Waals surface area contributed by atoms with E-state index in [2.05, 4.69) is 34.7 Å². The molecule has 0 heterocycles. The lowest BCUT2D eigenvalue weighted by atomic mass is 10.0. The second-order valence-corrected chi connectivity index (χ2v) is 6.39. The smallest absolute Gasteiger partial charge is 0.261 e. The van der Waals surface area contributed by atoms with E-state index in [0.717, 1.165) is 16.5 Å². The van der Waals surface area contributed by atoms with Crippen LogP contribution in [-0.4, -0.2) is 18.7 Å². The second kappa shape index (κ2) is 8.50. The number of hydrogen-bond donors (Lipinski definition) is 1. The van der Waals surface area contributed by atoms with Crippen molar-refractivity contribution in [1.29, 1.82) is 0 Å². The van der Waals surface area contributed by atoms with Gasteiger partial charge in [0.15, 0.2) is 6.61 Å². The normalized spacial score (nSPS) is 12.2. The third-order valence-corrected chi connectivity index (χ3v) is 4.24. The zero-order valence-corrected chi connectivity index (χ0v) is 15.1. The minimum atomic E-state index is -0.223. The number of halogens is 1. The van der Waals surface area contributed by atoms with Crippen molar-refractivity contribution in [2.24, 2.45) is 5.16 Å². The summed E-state index contributed by atoms with van der Waals surface area (Å²) in [6.45, 7) is 1.81. The van der Waals surface area contributed by atoms with Crippen LogP contribution in [0.1, 0.15) is 24.1 Å². The first-order valence-electron chi connectivity index (χ1n) is 8.31. The lowest BCUT2D eigenvalue weighted by molar-refractivity contribution is -0.126. The predicted molar refractivity (Wildman–Crippen MR) is 106 cm³/mol. The highest BCUT2D eigenvalue weighted by molar-refractivity contribution is 6.30. The van der Waals surface area contributed by atoms with Crippen molar-refractivity contribution in [3.63, 3.8) is 0 Å². The van der Waals surface area contributed by atoms with Crippen LogP contribution in [0, 0.1) is 0 Å². The van der Waals surface area contributed by atoms with E-state index in [-0.39, 0.29) is 18.6 Å². The molecule has 3 aromatic carbocycles. The number of fused-ring (bicyclic) bond motifs is 1. The number of carbonyl (C=O) groups excluding carboxylic acids is 1. The minimum Gasteiger partial charge on any atom is -0.386 e. The molecule has 1 amide bonds. The minimum absolute atomic E-state index is 0.115. The van der Waals surface area contributed by atoms with Gasteiger partial charge in [0.2, 0.25) is 0 Å².